The number of aromatic nitrogens is 6. The minimum absolute atomic E-state index is 0. The van der Waals surface area contributed by atoms with Crippen LogP contribution in [0, 0.1) is 25.5 Å². The molecule has 56 heavy (non-hydrogen) atoms. The van der Waals surface area contributed by atoms with E-state index in [2.05, 4.69) is 19.9 Å². The minimum atomic E-state index is -1.09. The van der Waals surface area contributed by atoms with E-state index in [0.717, 1.165) is 22.2 Å². The second kappa shape index (κ2) is 18.2. The first kappa shape index (κ1) is 43.4. The second-order valence-electron chi connectivity index (χ2n) is 13.6. The molecule has 8 atom stereocenters. The molecule has 0 bridgehead atoms. The topological polar surface area (TPSA) is 213 Å². The smallest absolute Gasteiger partial charge is 0.143 e. The maximum absolute atomic E-state index is 13.4. The third kappa shape index (κ3) is 8.44. The van der Waals surface area contributed by atoms with E-state index < -0.39 is 60.3 Å². The van der Waals surface area contributed by atoms with E-state index in [4.69, 9.17) is 20.9 Å². The summed E-state index contributed by atoms with van der Waals surface area (Å²) in [5, 5.41) is 44.0. The van der Waals surface area contributed by atoms with Gasteiger partial charge in [-0.05, 0) is 62.4 Å². The van der Waals surface area contributed by atoms with Crippen molar-refractivity contribution in [2.24, 2.45) is 11.5 Å². The van der Waals surface area contributed by atoms with E-state index in [-0.39, 0.29) is 55.2 Å². The van der Waals surface area contributed by atoms with Gasteiger partial charge in [-0.15, -0.1) is 0 Å². The molecule has 2 fully saturated rings. The maximum Gasteiger partial charge on any atom is 0.143 e. The van der Waals surface area contributed by atoms with Crippen molar-refractivity contribution >= 4 is 22.1 Å². The Bertz CT molecular complexity index is 2120. The van der Waals surface area contributed by atoms with Gasteiger partial charge in [0, 0.05) is 102 Å². The van der Waals surface area contributed by atoms with Crippen LogP contribution in [-0.2, 0) is 55.2 Å². The van der Waals surface area contributed by atoms with Gasteiger partial charge < -0.3 is 50.5 Å². The number of aryl methyl sites for hydroxylation is 2. The molecule has 14 nitrogen and oxygen atoms in total. The SMILES string of the molecule is Cc1ncnc2c1ccn2[C@@H]1C[C@H](Oc2ccc(F)cc2CN)[C@@H](O)[C@H]1O.Cc1ncnc2c1ccn2[C@H]1C[C@@H](Oc2ccc(F)cc2CN)[C@H](O)[C@@H]1O.[W].[W]. The Labute approximate surface area is 349 Å². The van der Waals surface area contributed by atoms with Crippen molar-refractivity contribution in [2.45, 2.75) is 88.5 Å². The van der Waals surface area contributed by atoms with Crippen LogP contribution >= 0.6 is 0 Å². The Hall–Kier alpha value is -3.72. The monoisotopic (exact) mass is 1110 g/mol. The number of nitrogens with two attached hydrogens (primary N) is 2. The molecule has 0 amide bonds. The molecule has 2 aliphatic rings. The predicted molar refractivity (Wildman–Crippen MR) is 193 cm³/mol. The van der Waals surface area contributed by atoms with E-state index in [1.807, 2.05) is 47.5 Å². The van der Waals surface area contributed by atoms with Gasteiger partial charge in [0.15, 0.2) is 0 Å². The van der Waals surface area contributed by atoms with Gasteiger partial charge in [0.2, 0.25) is 0 Å². The number of halogens is 2. The summed E-state index contributed by atoms with van der Waals surface area (Å²) >= 11 is 0. The van der Waals surface area contributed by atoms with Crippen LogP contribution in [-0.4, -0.2) is 86.1 Å². The summed E-state index contributed by atoms with van der Waals surface area (Å²) in [6.45, 7) is 4.01. The second-order valence-corrected chi connectivity index (χ2v) is 13.6. The van der Waals surface area contributed by atoms with Gasteiger partial charge in [-0.3, -0.25) is 0 Å². The van der Waals surface area contributed by atoms with E-state index >= 15 is 0 Å². The van der Waals surface area contributed by atoms with E-state index in [1.165, 1.54) is 49.1 Å². The van der Waals surface area contributed by atoms with Crippen LogP contribution in [0.5, 0.6) is 11.5 Å². The third-order valence-electron chi connectivity index (χ3n) is 10.4. The van der Waals surface area contributed by atoms with Gasteiger partial charge in [0.25, 0.3) is 0 Å². The molecule has 4 heterocycles. The summed E-state index contributed by atoms with van der Waals surface area (Å²) in [4.78, 5) is 17.0. The van der Waals surface area contributed by atoms with Gasteiger partial charge in [-0.25, -0.2) is 28.7 Å². The van der Waals surface area contributed by atoms with Crippen LogP contribution in [0.2, 0.25) is 0 Å². The van der Waals surface area contributed by atoms with Crippen molar-refractivity contribution in [3.63, 3.8) is 0 Å². The Morgan fingerprint density at radius 3 is 1.39 bits per heavy atom. The van der Waals surface area contributed by atoms with Gasteiger partial charge in [0.1, 0.15) is 83.7 Å². The van der Waals surface area contributed by atoms with Gasteiger partial charge in [0.05, 0.1) is 23.5 Å². The molecule has 2 aliphatic carbocycles. The molecule has 6 aromatic rings. The van der Waals surface area contributed by atoms with E-state index in [1.54, 1.807) is 0 Å². The Morgan fingerprint density at radius 1 is 0.625 bits per heavy atom. The number of benzene rings is 2. The van der Waals surface area contributed by atoms with Crippen LogP contribution in [0.15, 0.2) is 73.6 Å². The first-order chi connectivity index (χ1) is 26.0. The summed E-state index contributed by atoms with van der Waals surface area (Å²) in [7, 11) is 0. The van der Waals surface area contributed by atoms with Crippen LogP contribution in [0.3, 0.4) is 0 Å². The van der Waals surface area contributed by atoms with Crippen molar-refractivity contribution in [1.29, 1.82) is 0 Å². The first-order valence-electron chi connectivity index (χ1n) is 17.6. The van der Waals surface area contributed by atoms with Crippen LogP contribution in [0.1, 0.15) is 47.4 Å². The fourth-order valence-electron chi connectivity index (χ4n) is 7.42. The van der Waals surface area contributed by atoms with Crippen molar-refractivity contribution in [3.05, 3.63) is 108 Å². The molecule has 2 aromatic carbocycles. The zero-order chi connectivity index (χ0) is 38.3. The Kier molecular flexibility index (Phi) is 14.1. The van der Waals surface area contributed by atoms with E-state index in [9.17, 15) is 29.2 Å². The molecule has 296 valence electrons. The summed E-state index contributed by atoms with van der Waals surface area (Å²) < 4.78 is 42.3. The fourth-order valence-corrected chi connectivity index (χ4v) is 7.42. The summed E-state index contributed by atoms with van der Waals surface area (Å²) in [6.07, 6.45) is 1.83. The molecule has 0 aliphatic heterocycles. The van der Waals surface area contributed by atoms with Crippen LogP contribution in [0.25, 0.3) is 22.1 Å². The van der Waals surface area contributed by atoms with Gasteiger partial charge in [-0.1, -0.05) is 0 Å². The number of nitrogens with zero attached hydrogens (tertiary/aromatic N) is 6. The average molecular weight is 1110 g/mol. The van der Waals surface area contributed by atoms with Crippen molar-refractivity contribution in [2.75, 3.05) is 0 Å². The van der Waals surface area contributed by atoms with Crippen LogP contribution < -0.4 is 20.9 Å². The quantitative estimate of drug-likeness (QED) is 0.130. The number of hydrogen-bond donors (Lipinski definition) is 6. The van der Waals surface area contributed by atoms with Crippen molar-refractivity contribution in [1.82, 2.24) is 29.1 Å². The number of fused-ring (bicyclic) bond motifs is 2. The first-order valence-corrected chi connectivity index (χ1v) is 17.6. The molecular formula is C38H42F2N8O6W2. The third-order valence-corrected chi connectivity index (χ3v) is 10.4. The summed E-state index contributed by atoms with van der Waals surface area (Å²) in [5.41, 5.74) is 15.4. The normalized spacial score (nSPS) is 24.3. The Morgan fingerprint density at radius 2 is 1.02 bits per heavy atom. The standard InChI is InChI=1S/2C19H21FN4O3.2W/c2*1-10-13-4-5-24(19(13)23-9-22-10)14-7-16(18(26)17(14)25)27-15-3-2-12(20)6-11(15)8-21;;/h2*2-6,9,14,16-18,25-26H,7-8,21H2,1H3;;/t2*14-,16+,17+,18-;;/m10../s1. The molecule has 0 unspecified atom stereocenters. The maximum atomic E-state index is 13.4. The molecule has 18 heteroatoms. The van der Waals surface area contributed by atoms with Crippen molar-refractivity contribution in [3.8, 4) is 11.5 Å². The van der Waals surface area contributed by atoms with Crippen LogP contribution in [0.4, 0.5) is 8.78 Å². The number of ether oxygens (including phenoxy) is 2. The zero-order valence-electron chi connectivity index (χ0n) is 30.4. The molecule has 0 spiro atoms. The number of hydrogen-bond acceptors (Lipinski definition) is 12. The zero-order valence-corrected chi connectivity index (χ0v) is 36.3. The van der Waals surface area contributed by atoms with E-state index in [0.29, 0.717) is 46.8 Å². The number of aliphatic hydroxyl groups excluding tert-OH is 4. The Balaban J connectivity index is 0.000000207. The molecule has 0 saturated heterocycles. The summed E-state index contributed by atoms with van der Waals surface area (Å²) in [6, 6.07) is 11.1. The molecule has 4 aromatic heterocycles. The molecule has 8 N–H and O–H groups in total. The molecule has 0 radical (unpaired) electrons. The van der Waals surface area contributed by atoms with Gasteiger partial charge >= 0.3 is 0 Å². The fraction of sp³-hybridized carbons (Fsp3) is 0.368. The minimum Gasteiger partial charge on any atom is -0.487 e. The molecular weight excluding hydrogens is 1070 g/mol. The summed E-state index contributed by atoms with van der Waals surface area (Å²) in [5.74, 6) is 0.0146. The number of aliphatic hydroxyl groups is 4. The number of rotatable bonds is 8. The molecule has 2 saturated carbocycles. The molecule has 8 rings (SSSR count). The average Bonchev–Trinajstić information content (AvgIpc) is 3.93. The van der Waals surface area contributed by atoms with Gasteiger partial charge in [-0.2, -0.15) is 0 Å². The largest absolute Gasteiger partial charge is 0.487 e. The predicted octanol–water partition coefficient (Wildman–Crippen LogP) is 2.90. The van der Waals surface area contributed by atoms with Crippen molar-refractivity contribution < 1.29 is 80.8 Å².